The predicted molar refractivity (Wildman–Crippen MR) is 69.7 cm³/mol. The van der Waals surface area contributed by atoms with E-state index in [4.69, 9.17) is 4.74 Å². The van der Waals surface area contributed by atoms with Gasteiger partial charge in [0, 0.05) is 31.9 Å². The highest BCUT2D eigenvalue weighted by Gasteiger charge is 2.20. The number of ether oxygens (including phenoxy) is 1. The molecule has 1 N–H and O–H groups in total. The smallest absolute Gasteiger partial charge is 0.292 e. The topological polar surface area (TPSA) is 64.4 Å². The maximum atomic E-state index is 13.0. The van der Waals surface area contributed by atoms with Gasteiger partial charge in [-0.3, -0.25) is 10.1 Å². The lowest BCUT2D eigenvalue weighted by atomic mass is 10.2. The summed E-state index contributed by atoms with van der Waals surface area (Å²) >= 11 is 0. The van der Waals surface area contributed by atoms with Crippen molar-refractivity contribution in [3.8, 4) is 0 Å². The first-order valence-corrected chi connectivity index (χ1v) is 6.42. The van der Waals surface area contributed by atoms with Crippen molar-refractivity contribution >= 4 is 11.4 Å². The molecule has 1 aromatic rings. The average molecular weight is 268 g/mol. The number of hydrogen-bond donors (Lipinski definition) is 1. The van der Waals surface area contributed by atoms with Crippen molar-refractivity contribution in [3.05, 3.63) is 34.1 Å². The third kappa shape index (κ3) is 4.48. The van der Waals surface area contributed by atoms with Gasteiger partial charge in [-0.15, -0.1) is 0 Å². The Balaban J connectivity index is 1.74. The van der Waals surface area contributed by atoms with Crippen molar-refractivity contribution in [2.45, 2.75) is 19.3 Å². The van der Waals surface area contributed by atoms with E-state index in [2.05, 4.69) is 5.32 Å². The molecular weight excluding hydrogens is 251 g/mol. The largest absolute Gasteiger partial charge is 0.381 e. The van der Waals surface area contributed by atoms with E-state index in [9.17, 15) is 14.5 Å². The number of nitrogens with zero attached hydrogens (tertiary/aromatic N) is 1. The van der Waals surface area contributed by atoms with Crippen LogP contribution in [-0.4, -0.2) is 24.7 Å². The fourth-order valence-corrected chi connectivity index (χ4v) is 1.74. The molecule has 0 radical (unpaired) electrons. The number of hydrogen-bond acceptors (Lipinski definition) is 4. The van der Waals surface area contributed by atoms with Crippen LogP contribution in [0.25, 0.3) is 0 Å². The van der Waals surface area contributed by atoms with E-state index in [1.54, 1.807) is 0 Å². The van der Waals surface area contributed by atoms with Gasteiger partial charge < -0.3 is 10.1 Å². The number of nitro benzene ring substituents is 1. The molecule has 0 heterocycles. The predicted octanol–water partition coefficient (Wildman–Crippen LogP) is 2.96. The maximum absolute atomic E-state index is 13.0. The molecule has 19 heavy (non-hydrogen) atoms. The molecule has 6 heteroatoms. The molecule has 0 unspecified atom stereocenters. The quantitative estimate of drug-likeness (QED) is 0.447. The molecule has 0 aliphatic heterocycles. The fraction of sp³-hybridized carbons (Fsp3) is 0.538. The molecule has 1 aliphatic rings. The Bertz CT molecular complexity index is 450. The van der Waals surface area contributed by atoms with Gasteiger partial charge in [-0.05, 0) is 31.2 Å². The Morgan fingerprint density at radius 3 is 2.95 bits per heavy atom. The summed E-state index contributed by atoms with van der Waals surface area (Å²) in [5.74, 6) is 0.246. The van der Waals surface area contributed by atoms with Gasteiger partial charge >= 0.3 is 0 Å². The summed E-state index contributed by atoms with van der Waals surface area (Å²) in [5.41, 5.74) is 0.104. The second kappa shape index (κ2) is 6.47. The summed E-state index contributed by atoms with van der Waals surface area (Å²) < 4.78 is 18.5. The van der Waals surface area contributed by atoms with Crippen molar-refractivity contribution in [1.29, 1.82) is 0 Å². The molecule has 0 spiro atoms. The molecule has 104 valence electrons. The van der Waals surface area contributed by atoms with Gasteiger partial charge in [-0.1, -0.05) is 0 Å². The molecule has 0 saturated heterocycles. The van der Waals surface area contributed by atoms with Crippen LogP contribution in [0.1, 0.15) is 19.3 Å². The van der Waals surface area contributed by atoms with Gasteiger partial charge in [0.1, 0.15) is 11.5 Å². The summed E-state index contributed by atoms with van der Waals surface area (Å²) in [7, 11) is 0. The Kier molecular flexibility index (Phi) is 4.68. The Hall–Kier alpha value is -1.69. The molecular formula is C13H17FN2O3. The molecule has 2 rings (SSSR count). The Labute approximate surface area is 110 Å². The standard InChI is InChI=1S/C13H17FN2O3/c14-11-4-5-13(16(17)18)12(8-11)15-6-1-7-19-9-10-2-3-10/h4-5,8,10,15H,1-3,6-7,9H2. The van der Waals surface area contributed by atoms with E-state index < -0.39 is 10.7 Å². The molecule has 1 aromatic carbocycles. The van der Waals surface area contributed by atoms with E-state index >= 15 is 0 Å². The Morgan fingerprint density at radius 2 is 2.26 bits per heavy atom. The zero-order valence-corrected chi connectivity index (χ0v) is 10.6. The molecule has 0 bridgehead atoms. The highest BCUT2D eigenvalue weighted by molar-refractivity contribution is 5.61. The number of rotatable bonds is 8. The lowest BCUT2D eigenvalue weighted by Crippen LogP contribution is -2.08. The average Bonchev–Trinajstić information content (AvgIpc) is 3.17. The van der Waals surface area contributed by atoms with Crippen LogP contribution in [0.2, 0.25) is 0 Å². The van der Waals surface area contributed by atoms with Crippen molar-refractivity contribution in [2.24, 2.45) is 5.92 Å². The number of benzene rings is 1. The van der Waals surface area contributed by atoms with E-state index in [0.717, 1.165) is 31.1 Å². The third-order valence-electron chi connectivity index (χ3n) is 2.99. The van der Waals surface area contributed by atoms with Crippen LogP contribution in [-0.2, 0) is 4.74 Å². The van der Waals surface area contributed by atoms with Gasteiger partial charge in [0.2, 0.25) is 0 Å². The van der Waals surface area contributed by atoms with Gasteiger partial charge in [0.05, 0.1) is 4.92 Å². The minimum atomic E-state index is -0.522. The van der Waals surface area contributed by atoms with Crippen LogP contribution < -0.4 is 5.32 Å². The van der Waals surface area contributed by atoms with Crippen molar-refractivity contribution in [3.63, 3.8) is 0 Å². The van der Waals surface area contributed by atoms with Gasteiger partial charge in [-0.2, -0.15) is 0 Å². The molecule has 0 amide bonds. The Morgan fingerprint density at radius 1 is 1.47 bits per heavy atom. The van der Waals surface area contributed by atoms with E-state index in [1.165, 1.54) is 18.9 Å². The first kappa shape index (κ1) is 13.7. The summed E-state index contributed by atoms with van der Waals surface area (Å²) in [6, 6.07) is 3.40. The maximum Gasteiger partial charge on any atom is 0.292 e. The van der Waals surface area contributed by atoms with Gasteiger partial charge in [-0.25, -0.2) is 4.39 Å². The van der Waals surface area contributed by atoms with Crippen LogP contribution in [0.5, 0.6) is 0 Å². The van der Waals surface area contributed by atoms with E-state index in [1.807, 2.05) is 0 Å². The summed E-state index contributed by atoms with van der Waals surface area (Å²) in [6.45, 7) is 1.95. The first-order chi connectivity index (χ1) is 9.16. The van der Waals surface area contributed by atoms with Crippen LogP contribution in [0.3, 0.4) is 0 Å². The summed E-state index contributed by atoms with van der Waals surface area (Å²) in [6.07, 6.45) is 3.25. The highest BCUT2D eigenvalue weighted by atomic mass is 19.1. The van der Waals surface area contributed by atoms with E-state index in [-0.39, 0.29) is 11.4 Å². The fourth-order valence-electron chi connectivity index (χ4n) is 1.74. The molecule has 1 saturated carbocycles. The van der Waals surface area contributed by atoms with Crippen LogP contribution in [0.4, 0.5) is 15.8 Å². The lowest BCUT2D eigenvalue weighted by molar-refractivity contribution is -0.384. The van der Waals surface area contributed by atoms with Crippen LogP contribution in [0, 0.1) is 21.8 Å². The highest BCUT2D eigenvalue weighted by Crippen LogP contribution is 2.28. The zero-order chi connectivity index (χ0) is 13.7. The lowest BCUT2D eigenvalue weighted by Gasteiger charge is -2.07. The van der Waals surface area contributed by atoms with Crippen molar-refractivity contribution in [1.82, 2.24) is 0 Å². The summed E-state index contributed by atoms with van der Waals surface area (Å²) in [4.78, 5) is 10.2. The third-order valence-corrected chi connectivity index (χ3v) is 2.99. The second-order valence-electron chi connectivity index (χ2n) is 4.72. The monoisotopic (exact) mass is 268 g/mol. The zero-order valence-electron chi connectivity index (χ0n) is 10.6. The van der Waals surface area contributed by atoms with Gasteiger partial charge in [0.15, 0.2) is 0 Å². The normalized spacial score (nSPS) is 14.4. The number of nitrogens with one attached hydrogen (secondary N) is 1. The minimum absolute atomic E-state index is 0.111. The number of nitro groups is 1. The van der Waals surface area contributed by atoms with Crippen molar-refractivity contribution in [2.75, 3.05) is 25.1 Å². The van der Waals surface area contributed by atoms with Crippen LogP contribution in [0.15, 0.2) is 18.2 Å². The summed E-state index contributed by atoms with van der Waals surface area (Å²) in [5, 5.41) is 13.6. The second-order valence-corrected chi connectivity index (χ2v) is 4.72. The first-order valence-electron chi connectivity index (χ1n) is 6.42. The van der Waals surface area contributed by atoms with E-state index in [0.29, 0.717) is 13.2 Å². The molecule has 0 atom stereocenters. The molecule has 1 fully saturated rings. The minimum Gasteiger partial charge on any atom is -0.381 e. The van der Waals surface area contributed by atoms with Gasteiger partial charge in [0.25, 0.3) is 5.69 Å². The van der Waals surface area contributed by atoms with Crippen LogP contribution >= 0.6 is 0 Å². The number of anilines is 1. The molecule has 5 nitrogen and oxygen atoms in total. The number of halogens is 1. The van der Waals surface area contributed by atoms with Crippen molar-refractivity contribution < 1.29 is 14.1 Å². The SMILES string of the molecule is O=[N+]([O-])c1ccc(F)cc1NCCCOCC1CC1. The molecule has 0 aromatic heterocycles. The molecule has 1 aliphatic carbocycles.